The van der Waals surface area contributed by atoms with E-state index in [1.54, 1.807) is 29.7 Å². The lowest BCUT2D eigenvalue weighted by molar-refractivity contribution is -0.118. The Morgan fingerprint density at radius 3 is 2.47 bits per heavy atom. The van der Waals surface area contributed by atoms with Gasteiger partial charge in [0.15, 0.2) is 0 Å². The Hall–Kier alpha value is -3.26. The first-order valence-corrected chi connectivity index (χ1v) is 10.5. The predicted molar refractivity (Wildman–Crippen MR) is 117 cm³/mol. The van der Waals surface area contributed by atoms with Gasteiger partial charge >= 0.3 is 6.03 Å². The molecule has 0 aliphatic carbocycles. The van der Waals surface area contributed by atoms with Gasteiger partial charge in [-0.05, 0) is 48.4 Å². The molecule has 8 heteroatoms. The predicted octanol–water partition coefficient (Wildman–Crippen LogP) is 4.56. The van der Waals surface area contributed by atoms with Gasteiger partial charge in [0.25, 0.3) is 0 Å². The van der Waals surface area contributed by atoms with E-state index in [1.807, 2.05) is 36.6 Å². The molecule has 1 unspecified atom stereocenters. The van der Waals surface area contributed by atoms with Gasteiger partial charge in [-0.1, -0.05) is 25.5 Å². The van der Waals surface area contributed by atoms with E-state index in [0.717, 1.165) is 22.6 Å². The fourth-order valence-electron chi connectivity index (χ4n) is 2.84. The summed E-state index contributed by atoms with van der Waals surface area (Å²) in [6, 6.07) is 12.2. The van der Waals surface area contributed by atoms with Crippen molar-refractivity contribution in [1.29, 1.82) is 0 Å². The number of urea groups is 1. The van der Waals surface area contributed by atoms with Crippen molar-refractivity contribution in [3.8, 4) is 10.6 Å². The average Bonchev–Trinajstić information content (AvgIpc) is 3.28. The van der Waals surface area contributed by atoms with Crippen LogP contribution in [0.4, 0.5) is 14.9 Å². The second-order valence-electron chi connectivity index (χ2n) is 6.70. The van der Waals surface area contributed by atoms with Crippen molar-refractivity contribution >= 4 is 29.0 Å². The number of halogens is 1. The third kappa shape index (κ3) is 6.12. The molecule has 0 bridgehead atoms. The zero-order valence-electron chi connectivity index (χ0n) is 16.5. The molecular weight excluding hydrogens is 403 g/mol. The first-order chi connectivity index (χ1) is 14.5. The summed E-state index contributed by atoms with van der Waals surface area (Å²) in [5.74, 6) is -0.613. The Morgan fingerprint density at radius 1 is 1.10 bits per heavy atom. The van der Waals surface area contributed by atoms with E-state index in [1.165, 1.54) is 12.1 Å². The molecule has 0 radical (unpaired) electrons. The lowest BCUT2D eigenvalue weighted by atomic mass is 10.1. The molecule has 1 aromatic heterocycles. The van der Waals surface area contributed by atoms with Crippen LogP contribution in [0.15, 0.2) is 60.1 Å². The van der Waals surface area contributed by atoms with Crippen LogP contribution >= 0.6 is 11.3 Å². The van der Waals surface area contributed by atoms with Crippen LogP contribution in [-0.2, 0) is 11.3 Å². The van der Waals surface area contributed by atoms with E-state index in [-0.39, 0.29) is 18.3 Å². The molecule has 0 spiro atoms. The largest absolute Gasteiger partial charge is 0.334 e. The van der Waals surface area contributed by atoms with Crippen LogP contribution in [-0.4, -0.2) is 23.0 Å². The molecular formula is C22H23FN4O2S. The molecule has 30 heavy (non-hydrogen) atoms. The fraction of sp³-hybridized carbons (Fsp3) is 0.227. The summed E-state index contributed by atoms with van der Waals surface area (Å²) in [5.41, 5.74) is 2.39. The van der Waals surface area contributed by atoms with Gasteiger partial charge < -0.3 is 16.0 Å². The minimum absolute atomic E-state index is 0.241. The number of hydrogen-bond donors (Lipinski definition) is 3. The van der Waals surface area contributed by atoms with Gasteiger partial charge in [-0.3, -0.25) is 4.79 Å². The van der Waals surface area contributed by atoms with Crippen LogP contribution in [0.5, 0.6) is 0 Å². The SMILES string of the molecule is CCCC(NC(=O)NCc1ccc(F)cc1)C(=O)Nc1ccc(-c2nccs2)cc1. The zero-order valence-corrected chi connectivity index (χ0v) is 17.3. The van der Waals surface area contributed by atoms with E-state index in [4.69, 9.17) is 0 Å². The first-order valence-electron chi connectivity index (χ1n) is 9.64. The Kier molecular flexibility index (Phi) is 7.51. The van der Waals surface area contributed by atoms with Crippen molar-refractivity contribution in [2.75, 3.05) is 5.32 Å². The maximum absolute atomic E-state index is 13.0. The maximum Gasteiger partial charge on any atom is 0.315 e. The van der Waals surface area contributed by atoms with Gasteiger partial charge in [-0.25, -0.2) is 14.2 Å². The third-order valence-corrected chi connectivity index (χ3v) is 5.22. The van der Waals surface area contributed by atoms with Crippen molar-refractivity contribution in [2.45, 2.75) is 32.4 Å². The third-order valence-electron chi connectivity index (χ3n) is 4.40. The van der Waals surface area contributed by atoms with Crippen LogP contribution in [0.25, 0.3) is 10.6 Å². The van der Waals surface area contributed by atoms with Crippen molar-refractivity contribution in [1.82, 2.24) is 15.6 Å². The molecule has 0 saturated heterocycles. The number of amides is 3. The van der Waals surface area contributed by atoms with Crippen molar-refractivity contribution in [3.05, 3.63) is 71.5 Å². The Labute approximate surface area is 178 Å². The quantitative estimate of drug-likeness (QED) is 0.494. The number of nitrogens with zero attached hydrogens (tertiary/aromatic N) is 1. The molecule has 2 aromatic carbocycles. The van der Waals surface area contributed by atoms with Gasteiger partial charge in [0, 0.05) is 29.4 Å². The van der Waals surface area contributed by atoms with Crippen LogP contribution in [0.3, 0.4) is 0 Å². The smallest absolute Gasteiger partial charge is 0.315 e. The summed E-state index contributed by atoms with van der Waals surface area (Å²) in [6.45, 7) is 2.19. The van der Waals surface area contributed by atoms with Gasteiger partial charge in [-0.15, -0.1) is 11.3 Å². The van der Waals surface area contributed by atoms with E-state index in [2.05, 4.69) is 20.9 Å². The summed E-state index contributed by atoms with van der Waals surface area (Å²) >= 11 is 1.55. The second kappa shape index (κ2) is 10.5. The minimum atomic E-state index is -0.665. The molecule has 156 valence electrons. The molecule has 0 aliphatic rings. The van der Waals surface area contributed by atoms with Crippen molar-refractivity contribution < 1.29 is 14.0 Å². The minimum Gasteiger partial charge on any atom is -0.334 e. The molecule has 3 N–H and O–H groups in total. The fourth-order valence-corrected chi connectivity index (χ4v) is 3.49. The molecule has 1 heterocycles. The molecule has 3 aromatic rings. The normalized spacial score (nSPS) is 11.5. The van der Waals surface area contributed by atoms with Crippen molar-refractivity contribution in [2.24, 2.45) is 0 Å². The number of rotatable bonds is 8. The van der Waals surface area contributed by atoms with E-state index < -0.39 is 12.1 Å². The van der Waals surface area contributed by atoms with Gasteiger partial charge in [-0.2, -0.15) is 0 Å². The number of hydrogen-bond acceptors (Lipinski definition) is 4. The van der Waals surface area contributed by atoms with Crippen LogP contribution in [0.1, 0.15) is 25.3 Å². The highest BCUT2D eigenvalue weighted by Gasteiger charge is 2.20. The average molecular weight is 427 g/mol. The zero-order chi connectivity index (χ0) is 21.3. The highest BCUT2D eigenvalue weighted by molar-refractivity contribution is 7.13. The highest BCUT2D eigenvalue weighted by Crippen LogP contribution is 2.23. The van der Waals surface area contributed by atoms with Crippen LogP contribution in [0, 0.1) is 5.82 Å². The summed E-state index contributed by atoms with van der Waals surface area (Å²) in [7, 11) is 0. The summed E-state index contributed by atoms with van der Waals surface area (Å²) in [4.78, 5) is 29.1. The van der Waals surface area contributed by atoms with Gasteiger partial charge in [0.05, 0.1) is 0 Å². The number of benzene rings is 2. The Balaban J connectivity index is 1.54. The summed E-state index contributed by atoms with van der Waals surface area (Å²) in [5, 5.41) is 11.1. The number of anilines is 1. The topological polar surface area (TPSA) is 83.1 Å². The maximum atomic E-state index is 13.0. The molecule has 0 aliphatic heterocycles. The molecule has 1 atom stereocenters. The van der Waals surface area contributed by atoms with E-state index in [0.29, 0.717) is 12.1 Å². The molecule has 0 saturated carbocycles. The lowest BCUT2D eigenvalue weighted by Crippen LogP contribution is -2.47. The highest BCUT2D eigenvalue weighted by atomic mass is 32.1. The number of carbonyl (C=O) groups excluding carboxylic acids is 2. The first kappa shape index (κ1) is 21.4. The number of nitrogens with one attached hydrogen (secondary N) is 3. The van der Waals surface area contributed by atoms with E-state index >= 15 is 0 Å². The molecule has 3 amide bonds. The summed E-state index contributed by atoms with van der Waals surface area (Å²) < 4.78 is 13.0. The number of aromatic nitrogens is 1. The monoisotopic (exact) mass is 426 g/mol. The number of thiazole rings is 1. The standard InChI is InChI=1S/C22H23FN4O2S/c1-2-3-19(27-22(29)25-14-15-4-8-17(23)9-5-15)20(28)26-18-10-6-16(7-11-18)21-24-12-13-30-21/h4-13,19H,2-3,14H2,1H3,(H,26,28)(H2,25,27,29). The van der Waals surface area contributed by atoms with Crippen LogP contribution in [0.2, 0.25) is 0 Å². The van der Waals surface area contributed by atoms with Gasteiger partial charge in [0.2, 0.25) is 5.91 Å². The molecule has 3 rings (SSSR count). The Bertz CT molecular complexity index is 960. The summed E-state index contributed by atoms with van der Waals surface area (Å²) in [6.07, 6.45) is 2.99. The van der Waals surface area contributed by atoms with E-state index in [9.17, 15) is 14.0 Å². The van der Waals surface area contributed by atoms with Crippen LogP contribution < -0.4 is 16.0 Å². The Morgan fingerprint density at radius 2 is 1.83 bits per heavy atom. The van der Waals surface area contributed by atoms with Crippen molar-refractivity contribution in [3.63, 3.8) is 0 Å². The number of carbonyl (C=O) groups is 2. The second-order valence-corrected chi connectivity index (χ2v) is 7.59. The lowest BCUT2D eigenvalue weighted by Gasteiger charge is -2.18. The van der Waals surface area contributed by atoms with Gasteiger partial charge in [0.1, 0.15) is 16.9 Å². The molecule has 0 fully saturated rings. The molecule has 6 nitrogen and oxygen atoms in total.